The van der Waals surface area contributed by atoms with Crippen molar-refractivity contribution in [2.45, 2.75) is 25.4 Å². The molecule has 0 bridgehead atoms. The highest BCUT2D eigenvalue weighted by Gasteiger charge is 2.44. The first-order valence-electron chi connectivity index (χ1n) is 5.83. The van der Waals surface area contributed by atoms with Crippen molar-refractivity contribution in [3.8, 4) is 0 Å². The van der Waals surface area contributed by atoms with Gasteiger partial charge in [-0.2, -0.15) is 0 Å². The Morgan fingerprint density at radius 1 is 1.59 bits per heavy atom. The van der Waals surface area contributed by atoms with Crippen molar-refractivity contribution in [3.63, 3.8) is 0 Å². The molecule has 6 heteroatoms. The van der Waals surface area contributed by atoms with E-state index in [2.05, 4.69) is 10.1 Å². The fraction of sp³-hybridized carbons (Fsp3) is 0.909. The number of nitrogens with zero attached hydrogens (tertiary/aromatic N) is 2. The van der Waals surface area contributed by atoms with Gasteiger partial charge in [-0.15, -0.1) is 0 Å². The quantitative estimate of drug-likeness (QED) is 0.239. The molecular formula is C11H23N3O3. The van der Waals surface area contributed by atoms with Crippen LogP contribution in [0.5, 0.6) is 0 Å². The molecule has 1 saturated carbocycles. The monoisotopic (exact) mass is 245 g/mol. The molecule has 4 N–H and O–H groups in total. The molecule has 0 amide bonds. The summed E-state index contributed by atoms with van der Waals surface area (Å²) in [5, 5.41) is 21.2. The molecule has 0 aromatic heterocycles. The molecule has 1 aliphatic rings. The van der Waals surface area contributed by atoms with Crippen LogP contribution in [-0.2, 0) is 4.74 Å². The fourth-order valence-corrected chi connectivity index (χ4v) is 2.23. The Hall–Kier alpha value is -0.850. The van der Waals surface area contributed by atoms with E-state index in [9.17, 15) is 5.11 Å². The van der Waals surface area contributed by atoms with Crippen LogP contribution in [0.25, 0.3) is 0 Å². The van der Waals surface area contributed by atoms with E-state index in [1.165, 1.54) is 0 Å². The third-order valence-electron chi connectivity index (χ3n) is 3.13. The first-order chi connectivity index (χ1) is 8.01. The van der Waals surface area contributed by atoms with Gasteiger partial charge in [0.15, 0.2) is 0 Å². The number of likely N-dealkylation sites (N-methyl/N-ethyl adjacent to an activating group) is 1. The van der Waals surface area contributed by atoms with E-state index in [1.54, 1.807) is 7.11 Å². The van der Waals surface area contributed by atoms with Crippen molar-refractivity contribution < 1.29 is 15.1 Å². The van der Waals surface area contributed by atoms with Crippen LogP contribution >= 0.6 is 0 Å². The van der Waals surface area contributed by atoms with Crippen molar-refractivity contribution in [2.75, 3.05) is 33.9 Å². The van der Waals surface area contributed by atoms with Gasteiger partial charge >= 0.3 is 0 Å². The molecule has 0 aromatic carbocycles. The smallest absolute Gasteiger partial charge is 0.139 e. The first-order valence-corrected chi connectivity index (χ1v) is 5.83. The number of hydrogen-bond acceptors (Lipinski definition) is 5. The normalized spacial score (nSPS) is 20.6. The Labute approximate surface area is 102 Å². The highest BCUT2D eigenvalue weighted by atomic mass is 16.5. The number of oxime groups is 1. The lowest BCUT2D eigenvalue weighted by molar-refractivity contribution is 0.0396. The summed E-state index contributed by atoms with van der Waals surface area (Å²) < 4.78 is 4.88. The van der Waals surface area contributed by atoms with Crippen LogP contribution in [0.1, 0.15) is 19.3 Å². The molecule has 1 aliphatic carbocycles. The van der Waals surface area contributed by atoms with Gasteiger partial charge in [-0.3, -0.25) is 0 Å². The number of aliphatic hydroxyl groups is 1. The van der Waals surface area contributed by atoms with Crippen molar-refractivity contribution in [1.29, 1.82) is 0 Å². The molecular weight excluding hydrogens is 222 g/mol. The topological polar surface area (TPSA) is 91.3 Å². The van der Waals surface area contributed by atoms with Crippen molar-refractivity contribution in [3.05, 3.63) is 0 Å². The molecule has 1 rings (SSSR count). The van der Waals surface area contributed by atoms with Gasteiger partial charge < -0.3 is 25.7 Å². The van der Waals surface area contributed by atoms with Crippen LogP contribution in [0, 0.1) is 5.41 Å². The standard InChI is InChI=1S/C11H23N3O3/c1-14(6-9(15)7-17-2)8-11(3-4-11)5-10(12)13-16/h9,15-16H,3-8H2,1-2H3,(H2,12,13). The van der Waals surface area contributed by atoms with Crippen molar-refractivity contribution in [1.82, 2.24) is 4.90 Å². The molecule has 6 nitrogen and oxygen atoms in total. The number of amidine groups is 1. The van der Waals surface area contributed by atoms with Crippen LogP contribution in [0.2, 0.25) is 0 Å². The number of methoxy groups -OCH3 is 1. The van der Waals surface area contributed by atoms with Gasteiger partial charge in [-0.25, -0.2) is 0 Å². The summed E-state index contributed by atoms with van der Waals surface area (Å²) in [4.78, 5) is 2.07. The van der Waals surface area contributed by atoms with E-state index >= 15 is 0 Å². The van der Waals surface area contributed by atoms with E-state index in [4.69, 9.17) is 15.7 Å². The lowest BCUT2D eigenvalue weighted by Gasteiger charge is -2.25. The van der Waals surface area contributed by atoms with Crippen LogP contribution in [0.15, 0.2) is 5.16 Å². The van der Waals surface area contributed by atoms with Gasteiger partial charge in [0.05, 0.1) is 12.7 Å². The summed E-state index contributed by atoms with van der Waals surface area (Å²) in [6, 6.07) is 0. The second-order valence-electron chi connectivity index (χ2n) is 5.07. The van der Waals surface area contributed by atoms with E-state index < -0.39 is 6.10 Å². The van der Waals surface area contributed by atoms with Gasteiger partial charge in [0.1, 0.15) is 5.84 Å². The average Bonchev–Trinajstić information content (AvgIpc) is 2.97. The lowest BCUT2D eigenvalue weighted by atomic mass is 10.0. The highest BCUT2D eigenvalue weighted by molar-refractivity contribution is 5.80. The number of hydrogen-bond donors (Lipinski definition) is 3. The van der Waals surface area contributed by atoms with Gasteiger partial charge in [0.25, 0.3) is 0 Å². The second-order valence-corrected chi connectivity index (χ2v) is 5.07. The molecule has 1 atom stereocenters. The maximum absolute atomic E-state index is 9.61. The summed E-state index contributed by atoms with van der Waals surface area (Å²) in [5.41, 5.74) is 5.67. The zero-order valence-corrected chi connectivity index (χ0v) is 10.6. The minimum Gasteiger partial charge on any atom is -0.409 e. The summed E-state index contributed by atoms with van der Waals surface area (Å²) in [6.45, 7) is 1.77. The summed E-state index contributed by atoms with van der Waals surface area (Å²) in [6.07, 6.45) is 2.33. The zero-order valence-electron chi connectivity index (χ0n) is 10.6. The number of nitrogens with two attached hydrogens (primary N) is 1. The Balaban J connectivity index is 2.33. The van der Waals surface area contributed by atoms with Crippen molar-refractivity contribution in [2.24, 2.45) is 16.3 Å². The molecule has 100 valence electrons. The summed E-state index contributed by atoms with van der Waals surface area (Å²) in [7, 11) is 3.54. The molecule has 0 spiro atoms. The van der Waals surface area contributed by atoms with Crippen LogP contribution in [0.3, 0.4) is 0 Å². The zero-order chi connectivity index (χ0) is 12.9. The maximum atomic E-state index is 9.61. The number of rotatable bonds is 8. The molecule has 0 aromatic rings. The van der Waals surface area contributed by atoms with E-state index in [0.29, 0.717) is 19.6 Å². The number of ether oxygens (including phenoxy) is 1. The van der Waals surface area contributed by atoms with E-state index in [1.807, 2.05) is 7.05 Å². The van der Waals surface area contributed by atoms with Gasteiger partial charge in [-0.1, -0.05) is 5.16 Å². The molecule has 0 radical (unpaired) electrons. The predicted molar refractivity (Wildman–Crippen MR) is 65.1 cm³/mol. The van der Waals surface area contributed by atoms with E-state index in [-0.39, 0.29) is 11.3 Å². The SMILES string of the molecule is COCC(O)CN(C)CC1(CC(N)=NO)CC1. The highest BCUT2D eigenvalue weighted by Crippen LogP contribution is 2.49. The Morgan fingerprint density at radius 3 is 2.71 bits per heavy atom. The minimum atomic E-state index is -0.468. The lowest BCUT2D eigenvalue weighted by Crippen LogP contribution is -2.36. The van der Waals surface area contributed by atoms with Crippen LogP contribution in [0.4, 0.5) is 0 Å². The molecule has 0 aliphatic heterocycles. The van der Waals surface area contributed by atoms with Gasteiger partial charge in [0.2, 0.25) is 0 Å². The van der Waals surface area contributed by atoms with Crippen LogP contribution < -0.4 is 5.73 Å². The average molecular weight is 245 g/mol. The molecule has 0 heterocycles. The largest absolute Gasteiger partial charge is 0.409 e. The predicted octanol–water partition coefficient (Wildman–Crippen LogP) is -0.158. The molecule has 1 unspecified atom stereocenters. The first kappa shape index (κ1) is 14.2. The van der Waals surface area contributed by atoms with Gasteiger partial charge in [-0.05, 0) is 25.3 Å². The van der Waals surface area contributed by atoms with Crippen molar-refractivity contribution >= 4 is 5.84 Å². The molecule has 17 heavy (non-hydrogen) atoms. The summed E-state index contributed by atoms with van der Waals surface area (Å²) in [5.74, 6) is 0.285. The Bertz CT molecular complexity index is 267. The fourth-order valence-electron chi connectivity index (χ4n) is 2.23. The third kappa shape index (κ3) is 4.89. The Morgan fingerprint density at radius 2 is 2.24 bits per heavy atom. The summed E-state index contributed by atoms with van der Waals surface area (Å²) >= 11 is 0. The number of aliphatic hydroxyl groups excluding tert-OH is 1. The minimum absolute atomic E-state index is 0.137. The second kappa shape index (κ2) is 6.18. The molecule has 1 fully saturated rings. The van der Waals surface area contributed by atoms with Crippen LogP contribution in [-0.4, -0.2) is 61.0 Å². The van der Waals surface area contributed by atoms with Gasteiger partial charge in [0, 0.05) is 26.6 Å². The Kier molecular flexibility index (Phi) is 5.17. The maximum Gasteiger partial charge on any atom is 0.139 e. The third-order valence-corrected chi connectivity index (χ3v) is 3.13. The molecule has 0 saturated heterocycles. The van der Waals surface area contributed by atoms with E-state index in [0.717, 1.165) is 19.4 Å².